The first-order valence-corrected chi connectivity index (χ1v) is 17.6. The molecule has 0 saturated carbocycles. The molecule has 0 aliphatic rings. The fourth-order valence-electron chi connectivity index (χ4n) is 4.92. The van der Waals surface area contributed by atoms with Crippen molar-refractivity contribution < 1.29 is 34.1 Å². The fraction of sp³-hybridized carbons (Fsp3) is 0.0556. The number of nitrogens with zero attached hydrogens (tertiary/aromatic N) is 4. The van der Waals surface area contributed by atoms with Crippen LogP contribution in [0.3, 0.4) is 0 Å². The number of amidine groups is 2. The average Bonchev–Trinajstić information content (AvgIpc) is 3.12. The summed E-state index contributed by atoms with van der Waals surface area (Å²) in [7, 11) is -0.497. The number of nitrogens with one attached hydrogen (secondary N) is 2. The molecular formula is C36H31BrClCuN6PS2. The zero-order valence-corrected chi connectivity index (χ0v) is 31.5. The zero-order valence-electron chi connectivity index (χ0n) is 25.7. The summed E-state index contributed by atoms with van der Waals surface area (Å²) in [6, 6.07) is 48.7. The zero-order chi connectivity index (χ0) is 32.2. The molecule has 5 rings (SSSR count). The minimum absolute atomic E-state index is 0. The summed E-state index contributed by atoms with van der Waals surface area (Å²) < 4.78 is 0. The molecule has 0 amide bonds. The van der Waals surface area contributed by atoms with Crippen molar-refractivity contribution in [2.24, 2.45) is 20.4 Å². The second-order valence-electron chi connectivity index (χ2n) is 9.98. The van der Waals surface area contributed by atoms with Gasteiger partial charge in [0.25, 0.3) is 0 Å². The van der Waals surface area contributed by atoms with E-state index in [0.29, 0.717) is 22.7 Å². The van der Waals surface area contributed by atoms with E-state index < -0.39 is 7.26 Å². The van der Waals surface area contributed by atoms with Crippen LogP contribution in [-0.2, 0) is 42.3 Å². The molecule has 5 aromatic carbocycles. The molecule has 0 fully saturated rings. The first-order chi connectivity index (χ1) is 22.5. The molecule has 0 aliphatic heterocycles. The van der Waals surface area contributed by atoms with Crippen LogP contribution >= 0.6 is 18.9 Å². The van der Waals surface area contributed by atoms with Crippen LogP contribution in [0.25, 0.3) is 0 Å². The molecule has 6 nitrogen and oxygen atoms in total. The molecule has 0 heterocycles. The Hall–Kier alpha value is -3.46. The second-order valence-corrected chi connectivity index (χ2v) is 14.7. The summed E-state index contributed by atoms with van der Waals surface area (Å²) in [5.74, 6) is 0. The van der Waals surface area contributed by atoms with Crippen molar-refractivity contribution >= 4 is 81.8 Å². The third-order valence-electron chi connectivity index (χ3n) is 7.14. The Kier molecular flexibility index (Phi) is 15.8. The van der Waals surface area contributed by atoms with E-state index >= 15 is 0 Å². The summed E-state index contributed by atoms with van der Waals surface area (Å²) in [6.07, 6.45) is 0.549. The number of rotatable bonds is 10. The molecule has 1 radical (unpaired) electrons. The largest absolute Gasteiger partial charge is 2.00 e. The van der Waals surface area contributed by atoms with Gasteiger partial charge in [-0.25, -0.2) is 0 Å². The van der Waals surface area contributed by atoms with E-state index in [0.717, 1.165) is 11.1 Å². The average molecular weight is 822 g/mol. The van der Waals surface area contributed by atoms with Crippen LogP contribution in [0.4, 0.5) is 0 Å². The number of benzene rings is 5. The molecule has 5 aromatic rings. The monoisotopic (exact) mass is 819 g/mol. The smallest absolute Gasteiger partial charge is 1.00 e. The molecule has 0 aromatic heterocycles. The molecule has 0 bridgehead atoms. The van der Waals surface area contributed by atoms with E-state index in [4.69, 9.17) is 36.9 Å². The van der Waals surface area contributed by atoms with Gasteiger partial charge in [0, 0.05) is 28.4 Å². The standard InChI is InChI=1S/C36H32ClN6PS2.BrH.Cu/c1-38-35(45)42-40-34(28-22-24-29(37)25-23-28)33(27-14-6-2-7-15-27)41-43-36(46)39-26-44(30-16-8-3-9-17-30,31-18-10-4-11-19-31)32-20-12-5-13-21-32;;/h2-25H,26H2,1H3,(H3-,38,39,40,41,42,43,45,46);1H;/q;;+2/p-2. The van der Waals surface area contributed by atoms with Crippen LogP contribution in [0, 0.1) is 0 Å². The number of halogens is 2. The van der Waals surface area contributed by atoms with Gasteiger partial charge >= 0.3 is 17.1 Å². The molecule has 0 atom stereocenters. The maximum Gasteiger partial charge on any atom is 2.00 e. The van der Waals surface area contributed by atoms with Crippen molar-refractivity contribution in [3.05, 3.63) is 162 Å². The summed E-state index contributed by atoms with van der Waals surface area (Å²) in [4.78, 5) is 0. The normalized spacial score (nSPS) is 12.4. The molecule has 0 aliphatic carbocycles. The van der Waals surface area contributed by atoms with E-state index in [9.17, 15) is 0 Å². The Morgan fingerprint density at radius 1 is 0.562 bits per heavy atom. The Bertz CT molecular complexity index is 1750. The molecular weight excluding hydrogens is 790 g/mol. The van der Waals surface area contributed by atoms with Gasteiger partial charge in [-0.3, -0.25) is 0 Å². The van der Waals surface area contributed by atoms with Crippen molar-refractivity contribution in [3.63, 3.8) is 0 Å². The first kappa shape index (κ1) is 39.0. The van der Waals surface area contributed by atoms with E-state index in [1.54, 1.807) is 19.2 Å². The third-order valence-corrected chi connectivity index (χ3v) is 12.1. The van der Waals surface area contributed by atoms with Gasteiger partial charge < -0.3 is 52.9 Å². The molecule has 48 heavy (non-hydrogen) atoms. The Labute approximate surface area is 319 Å². The van der Waals surface area contributed by atoms with Crippen LogP contribution in [0.1, 0.15) is 11.1 Å². The molecule has 0 spiro atoms. The second kappa shape index (κ2) is 19.5. The van der Waals surface area contributed by atoms with Crippen LogP contribution in [0.5, 0.6) is 0 Å². The summed E-state index contributed by atoms with van der Waals surface area (Å²) >= 11 is 17.3. The van der Waals surface area contributed by atoms with Gasteiger partial charge in [-0.2, -0.15) is 10.2 Å². The third kappa shape index (κ3) is 9.80. The van der Waals surface area contributed by atoms with Crippen LogP contribution in [-0.4, -0.2) is 35.1 Å². The Morgan fingerprint density at radius 2 is 0.938 bits per heavy atom. The van der Waals surface area contributed by atoms with Crippen molar-refractivity contribution in [1.29, 1.82) is 0 Å². The fourth-order valence-corrected chi connectivity index (χ4v) is 9.18. The molecule has 247 valence electrons. The van der Waals surface area contributed by atoms with Gasteiger partial charge in [-0.05, 0) is 53.7 Å². The summed E-state index contributed by atoms with van der Waals surface area (Å²) in [6.45, 7) is 0. The van der Waals surface area contributed by atoms with E-state index in [1.165, 1.54) is 15.9 Å². The van der Waals surface area contributed by atoms with Gasteiger partial charge in [0.1, 0.15) is 40.9 Å². The summed E-state index contributed by atoms with van der Waals surface area (Å²) in [5.41, 5.74) is 2.47. The summed E-state index contributed by atoms with van der Waals surface area (Å²) in [5, 5.41) is 29.0. The van der Waals surface area contributed by atoms with Crippen molar-refractivity contribution in [3.8, 4) is 0 Å². The molecule has 2 N–H and O–H groups in total. The number of hydrogen-bond acceptors (Lipinski definition) is 6. The van der Waals surface area contributed by atoms with Crippen molar-refractivity contribution in [2.45, 2.75) is 0 Å². The van der Waals surface area contributed by atoms with Gasteiger partial charge in [-0.15, -0.1) is 10.2 Å². The SMILES string of the molecule is CNC([S-])=NN=C(C(=NN=C([S-])NC[P+](c1ccccc1)(c1ccccc1)c1ccccc1)c1ccccc1)c1ccc(Cl)cc1.[Br-].[Cu+2]. The van der Waals surface area contributed by atoms with E-state index in [-0.39, 0.29) is 44.4 Å². The van der Waals surface area contributed by atoms with Crippen molar-refractivity contribution in [2.75, 3.05) is 13.3 Å². The van der Waals surface area contributed by atoms with Crippen LogP contribution in [0.2, 0.25) is 5.02 Å². The van der Waals surface area contributed by atoms with E-state index in [1.807, 2.05) is 60.7 Å². The molecule has 0 saturated heterocycles. The van der Waals surface area contributed by atoms with Crippen molar-refractivity contribution in [1.82, 2.24) is 10.6 Å². The molecule has 12 heteroatoms. The van der Waals surface area contributed by atoms with Crippen LogP contribution in [0.15, 0.2) is 166 Å². The Balaban J connectivity index is 0.00000312. The number of hydrogen-bond donors (Lipinski definition) is 2. The maximum atomic E-state index is 6.20. The Morgan fingerprint density at radius 3 is 1.35 bits per heavy atom. The predicted molar refractivity (Wildman–Crippen MR) is 203 cm³/mol. The maximum absolute atomic E-state index is 6.20. The van der Waals surface area contributed by atoms with Gasteiger partial charge in [0.2, 0.25) is 0 Å². The minimum atomic E-state index is -2.19. The van der Waals surface area contributed by atoms with Gasteiger partial charge in [0.15, 0.2) is 0 Å². The predicted octanol–water partition coefficient (Wildman–Crippen LogP) is 3.02. The first-order valence-electron chi connectivity index (χ1n) is 14.4. The minimum Gasteiger partial charge on any atom is -1.00 e. The van der Waals surface area contributed by atoms with Crippen LogP contribution < -0.4 is 43.5 Å². The topological polar surface area (TPSA) is 73.5 Å². The van der Waals surface area contributed by atoms with E-state index in [2.05, 4.69) is 104 Å². The quantitative estimate of drug-likeness (QED) is 0.0569. The molecule has 0 unspecified atom stereocenters. The van der Waals surface area contributed by atoms with Gasteiger partial charge in [0.05, 0.1) is 0 Å². The van der Waals surface area contributed by atoms with Gasteiger partial charge in [-0.1, -0.05) is 109 Å².